The standard InChI is InChI=1S/C9H5ClN2S.C2H6/c1-5-2-7-9(13-5)8(10)6(3-11)4-12-7;1-2/h2,4H,1H3;1-2H3. The number of aromatic nitrogens is 1. The lowest BCUT2D eigenvalue weighted by molar-refractivity contribution is 1.38. The average Bonchev–Trinajstić information content (AvgIpc) is 2.63. The highest BCUT2D eigenvalue weighted by atomic mass is 35.5. The van der Waals surface area contributed by atoms with E-state index in [1.165, 1.54) is 6.20 Å². The minimum Gasteiger partial charge on any atom is -0.254 e. The Morgan fingerprint density at radius 1 is 1.47 bits per heavy atom. The van der Waals surface area contributed by atoms with Crippen LogP contribution in [0.5, 0.6) is 0 Å². The first kappa shape index (κ1) is 12.0. The first-order chi connectivity index (χ1) is 7.22. The normalized spacial score (nSPS) is 9.27. The number of rotatable bonds is 0. The highest BCUT2D eigenvalue weighted by molar-refractivity contribution is 7.19. The van der Waals surface area contributed by atoms with Gasteiger partial charge in [-0.15, -0.1) is 11.3 Å². The molecule has 0 saturated carbocycles. The molecule has 2 nitrogen and oxygen atoms in total. The molecule has 0 unspecified atom stereocenters. The number of halogens is 1. The van der Waals surface area contributed by atoms with Gasteiger partial charge in [0.15, 0.2) is 0 Å². The quantitative estimate of drug-likeness (QED) is 0.691. The smallest absolute Gasteiger partial charge is 0.102 e. The van der Waals surface area contributed by atoms with E-state index in [4.69, 9.17) is 16.9 Å². The number of pyridine rings is 1. The van der Waals surface area contributed by atoms with Crippen molar-refractivity contribution in [2.24, 2.45) is 0 Å². The number of fused-ring (bicyclic) bond motifs is 1. The molecular formula is C11H11ClN2S. The van der Waals surface area contributed by atoms with Gasteiger partial charge in [-0.25, -0.2) is 0 Å². The fourth-order valence-electron chi connectivity index (χ4n) is 1.14. The monoisotopic (exact) mass is 238 g/mol. The zero-order valence-electron chi connectivity index (χ0n) is 8.84. The van der Waals surface area contributed by atoms with Crippen molar-refractivity contribution in [3.05, 3.63) is 27.7 Å². The van der Waals surface area contributed by atoms with Crippen molar-refractivity contribution in [2.75, 3.05) is 0 Å². The van der Waals surface area contributed by atoms with E-state index in [1.807, 2.05) is 32.9 Å². The summed E-state index contributed by atoms with van der Waals surface area (Å²) in [5.41, 5.74) is 1.31. The lowest BCUT2D eigenvalue weighted by Gasteiger charge is -1.93. The number of hydrogen-bond donors (Lipinski definition) is 0. The van der Waals surface area contributed by atoms with Gasteiger partial charge in [-0.2, -0.15) is 5.26 Å². The molecule has 0 aliphatic carbocycles. The van der Waals surface area contributed by atoms with E-state index in [0.29, 0.717) is 10.6 Å². The summed E-state index contributed by atoms with van der Waals surface area (Å²) in [7, 11) is 0. The van der Waals surface area contributed by atoms with Crippen molar-refractivity contribution in [3.63, 3.8) is 0 Å². The summed E-state index contributed by atoms with van der Waals surface area (Å²) in [6.45, 7) is 5.99. The van der Waals surface area contributed by atoms with E-state index in [1.54, 1.807) is 11.3 Å². The molecule has 2 heterocycles. The van der Waals surface area contributed by atoms with Gasteiger partial charge in [-0.05, 0) is 13.0 Å². The van der Waals surface area contributed by atoms with Crippen LogP contribution in [-0.4, -0.2) is 4.98 Å². The molecule has 2 aromatic rings. The molecule has 2 rings (SSSR count). The Labute approximate surface area is 98.1 Å². The van der Waals surface area contributed by atoms with Gasteiger partial charge in [0.1, 0.15) is 6.07 Å². The summed E-state index contributed by atoms with van der Waals surface area (Å²) in [5.74, 6) is 0. The van der Waals surface area contributed by atoms with Gasteiger partial charge >= 0.3 is 0 Å². The van der Waals surface area contributed by atoms with Crippen LogP contribution in [0.2, 0.25) is 5.02 Å². The largest absolute Gasteiger partial charge is 0.254 e. The number of nitriles is 1. The van der Waals surface area contributed by atoms with E-state index in [9.17, 15) is 0 Å². The third kappa shape index (κ3) is 2.28. The van der Waals surface area contributed by atoms with Gasteiger partial charge in [-0.3, -0.25) is 4.98 Å². The van der Waals surface area contributed by atoms with Crippen LogP contribution in [0.3, 0.4) is 0 Å². The van der Waals surface area contributed by atoms with E-state index in [-0.39, 0.29) is 0 Å². The zero-order chi connectivity index (χ0) is 11.4. The topological polar surface area (TPSA) is 36.7 Å². The molecule has 0 spiro atoms. The van der Waals surface area contributed by atoms with Gasteiger partial charge in [0.2, 0.25) is 0 Å². The predicted molar refractivity (Wildman–Crippen MR) is 65.4 cm³/mol. The van der Waals surface area contributed by atoms with Crippen LogP contribution in [0.1, 0.15) is 24.3 Å². The summed E-state index contributed by atoms with van der Waals surface area (Å²) in [6.07, 6.45) is 1.51. The van der Waals surface area contributed by atoms with Gasteiger partial charge < -0.3 is 0 Å². The summed E-state index contributed by atoms with van der Waals surface area (Å²) in [5, 5.41) is 9.23. The maximum absolute atomic E-state index is 8.71. The Hall–Kier alpha value is -1.11. The summed E-state index contributed by atoms with van der Waals surface area (Å²) in [6, 6.07) is 3.97. The van der Waals surface area contributed by atoms with Crippen LogP contribution in [0.15, 0.2) is 12.3 Å². The highest BCUT2D eigenvalue weighted by Gasteiger charge is 2.08. The zero-order valence-corrected chi connectivity index (χ0v) is 10.4. The van der Waals surface area contributed by atoms with Crippen LogP contribution in [0.4, 0.5) is 0 Å². The lowest BCUT2D eigenvalue weighted by atomic mass is 10.3. The molecule has 0 saturated heterocycles. The van der Waals surface area contributed by atoms with Crippen molar-refractivity contribution < 1.29 is 0 Å². The van der Waals surface area contributed by atoms with Crippen LogP contribution < -0.4 is 0 Å². The van der Waals surface area contributed by atoms with Crippen LogP contribution in [0.25, 0.3) is 10.2 Å². The van der Waals surface area contributed by atoms with Crippen molar-refractivity contribution in [3.8, 4) is 6.07 Å². The second kappa shape index (κ2) is 5.11. The molecule has 0 N–H and O–H groups in total. The molecule has 78 valence electrons. The fraction of sp³-hybridized carbons (Fsp3) is 0.273. The lowest BCUT2D eigenvalue weighted by Crippen LogP contribution is -1.79. The minimum absolute atomic E-state index is 0.441. The van der Waals surface area contributed by atoms with Gasteiger partial charge in [0.05, 0.1) is 20.8 Å². The Bertz CT molecular complexity index is 511. The summed E-state index contributed by atoms with van der Waals surface area (Å²) >= 11 is 7.57. The molecule has 0 bridgehead atoms. The first-order valence-electron chi connectivity index (χ1n) is 4.67. The van der Waals surface area contributed by atoms with Gasteiger partial charge in [0, 0.05) is 11.1 Å². The van der Waals surface area contributed by atoms with Crippen molar-refractivity contribution in [1.82, 2.24) is 4.98 Å². The number of hydrogen-bond acceptors (Lipinski definition) is 3. The summed E-state index contributed by atoms with van der Waals surface area (Å²) in [4.78, 5) is 5.29. The van der Waals surface area contributed by atoms with Gasteiger partial charge in [0.25, 0.3) is 0 Å². The fourth-order valence-corrected chi connectivity index (χ4v) is 2.36. The maximum atomic E-state index is 8.71. The Morgan fingerprint density at radius 2 is 2.13 bits per heavy atom. The molecule has 0 radical (unpaired) electrons. The number of nitrogens with zero attached hydrogens (tertiary/aromatic N) is 2. The Balaban J connectivity index is 0.000000531. The number of aryl methyl sites for hydroxylation is 1. The van der Waals surface area contributed by atoms with E-state index < -0.39 is 0 Å². The minimum atomic E-state index is 0.441. The van der Waals surface area contributed by atoms with E-state index in [0.717, 1.165) is 15.1 Å². The van der Waals surface area contributed by atoms with Crippen molar-refractivity contribution in [1.29, 1.82) is 5.26 Å². The molecule has 0 atom stereocenters. The molecule has 2 aromatic heterocycles. The molecule has 0 amide bonds. The summed E-state index contributed by atoms with van der Waals surface area (Å²) < 4.78 is 0.901. The second-order valence-corrected chi connectivity index (χ2v) is 4.30. The predicted octanol–water partition coefficient (Wildman–Crippen LogP) is 4.16. The average molecular weight is 239 g/mol. The molecule has 15 heavy (non-hydrogen) atoms. The SMILES string of the molecule is CC.Cc1cc2ncc(C#N)c(Cl)c2s1. The molecule has 0 aliphatic heterocycles. The van der Waals surface area contributed by atoms with E-state index >= 15 is 0 Å². The van der Waals surface area contributed by atoms with Crippen LogP contribution >= 0.6 is 22.9 Å². The Kier molecular flexibility index (Phi) is 4.07. The number of thiophene rings is 1. The maximum Gasteiger partial charge on any atom is 0.102 e. The second-order valence-electron chi connectivity index (χ2n) is 2.67. The molecule has 0 fully saturated rings. The van der Waals surface area contributed by atoms with Crippen LogP contribution in [0, 0.1) is 18.3 Å². The Morgan fingerprint density at radius 3 is 2.73 bits per heavy atom. The van der Waals surface area contributed by atoms with Crippen molar-refractivity contribution in [2.45, 2.75) is 20.8 Å². The molecule has 0 aromatic carbocycles. The third-order valence-electron chi connectivity index (χ3n) is 1.72. The van der Waals surface area contributed by atoms with Crippen LogP contribution in [-0.2, 0) is 0 Å². The van der Waals surface area contributed by atoms with Crippen molar-refractivity contribution >= 4 is 33.2 Å². The molecular weight excluding hydrogens is 228 g/mol. The first-order valence-corrected chi connectivity index (χ1v) is 5.86. The molecule has 0 aliphatic rings. The highest BCUT2D eigenvalue weighted by Crippen LogP contribution is 2.31. The molecule has 4 heteroatoms. The van der Waals surface area contributed by atoms with Gasteiger partial charge in [-0.1, -0.05) is 25.4 Å². The third-order valence-corrected chi connectivity index (χ3v) is 3.29. The van der Waals surface area contributed by atoms with E-state index in [2.05, 4.69) is 4.98 Å².